The SMILES string of the molecule is CC(C)Oc1ccccc1Nc1cc(C(=O)N2CCc3ccccc3C2)ccn1. The summed E-state index contributed by atoms with van der Waals surface area (Å²) in [5.74, 6) is 1.40. The standard InChI is InChI=1S/C24H25N3O2/c1-17(2)29-22-10-6-5-9-21(22)26-23-15-19(11-13-25-23)24(28)27-14-12-18-7-3-4-8-20(18)16-27/h3-11,13,15,17H,12,14,16H2,1-2H3,(H,25,26). The Morgan fingerprint density at radius 2 is 1.83 bits per heavy atom. The number of anilines is 2. The number of benzene rings is 2. The number of para-hydroxylation sites is 2. The number of aromatic nitrogens is 1. The van der Waals surface area contributed by atoms with Gasteiger partial charge in [0, 0.05) is 24.8 Å². The van der Waals surface area contributed by atoms with Gasteiger partial charge in [-0.3, -0.25) is 4.79 Å². The molecule has 5 heteroatoms. The summed E-state index contributed by atoms with van der Waals surface area (Å²) in [7, 11) is 0. The molecule has 1 N–H and O–H groups in total. The highest BCUT2D eigenvalue weighted by molar-refractivity contribution is 5.95. The van der Waals surface area contributed by atoms with E-state index in [1.807, 2.05) is 49.1 Å². The number of nitrogens with zero attached hydrogens (tertiary/aromatic N) is 2. The Morgan fingerprint density at radius 3 is 2.66 bits per heavy atom. The van der Waals surface area contributed by atoms with Crippen LogP contribution in [0, 0.1) is 0 Å². The number of rotatable bonds is 5. The van der Waals surface area contributed by atoms with Crippen LogP contribution in [0.15, 0.2) is 66.9 Å². The monoisotopic (exact) mass is 387 g/mol. The van der Waals surface area contributed by atoms with E-state index in [-0.39, 0.29) is 12.0 Å². The summed E-state index contributed by atoms with van der Waals surface area (Å²) < 4.78 is 5.86. The zero-order valence-corrected chi connectivity index (χ0v) is 16.8. The molecule has 2 aromatic carbocycles. The molecule has 0 aliphatic carbocycles. The van der Waals surface area contributed by atoms with Crippen LogP contribution in [-0.2, 0) is 13.0 Å². The average Bonchev–Trinajstić information content (AvgIpc) is 2.74. The van der Waals surface area contributed by atoms with Crippen molar-refractivity contribution in [1.29, 1.82) is 0 Å². The number of hydrogen-bond acceptors (Lipinski definition) is 4. The largest absolute Gasteiger partial charge is 0.489 e. The topological polar surface area (TPSA) is 54.5 Å². The van der Waals surface area contributed by atoms with Gasteiger partial charge in [0.15, 0.2) is 0 Å². The molecular formula is C24H25N3O2. The lowest BCUT2D eigenvalue weighted by atomic mass is 9.99. The fourth-order valence-electron chi connectivity index (χ4n) is 3.55. The molecule has 5 nitrogen and oxygen atoms in total. The van der Waals surface area contributed by atoms with Gasteiger partial charge in [-0.25, -0.2) is 4.98 Å². The van der Waals surface area contributed by atoms with Crippen LogP contribution in [0.4, 0.5) is 11.5 Å². The minimum Gasteiger partial charge on any atom is -0.489 e. The smallest absolute Gasteiger partial charge is 0.254 e. The van der Waals surface area contributed by atoms with E-state index in [1.165, 1.54) is 11.1 Å². The highest BCUT2D eigenvalue weighted by Gasteiger charge is 2.22. The van der Waals surface area contributed by atoms with E-state index in [4.69, 9.17) is 4.74 Å². The van der Waals surface area contributed by atoms with E-state index >= 15 is 0 Å². The molecule has 0 atom stereocenters. The highest BCUT2D eigenvalue weighted by Crippen LogP contribution is 2.28. The fourth-order valence-corrected chi connectivity index (χ4v) is 3.55. The van der Waals surface area contributed by atoms with Gasteiger partial charge in [0.1, 0.15) is 11.6 Å². The Balaban J connectivity index is 1.52. The summed E-state index contributed by atoms with van der Waals surface area (Å²) in [6.07, 6.45) is 2.62. The van der Waals surface area contributed by atoms with Gasteiger partial charge in [0.25, 0.3) is 5.91 Å². The maximum Gasteiger partial charge on any atom is 0.254 e. The molecule has 1 amide bonds. The van der Waals surface area contributed by atoms with E-state index in [0.717, 1.165) is 24.4 Å². The van der Waals surface area contributed by atoms with Crippen molar-refractivity contribution in [2.24, 2.45) is 0 Å². The molecule has 0 radical (unpaired) electrons. The van der Waals surface area contributed by atoms with Crippen molar-refractivity contribution in [2.75, 3.05) is 11.9 Å². The van der Waals surface area contributed by atoms with Gasteiger partial charge in [0.05, 0.1) is 11.8 Å². The second-order valence-electron chi connectivity index (χ2n) is 7.46. The van der Waals surface area contributed by atoms with E-state index in [0.29, 0.717) is 17.9 Å². The Hall–Kier alpha value is -3.34. The van der Waals surface area contributed by atoms with Gasteiger partial charge < -0.3 is 15.0 Å². The predicted molar refractivity (Wildman–Crippen MR) is 115 cm³/mol. The molecule has 1 aliphatic rings. The summed E-state index contributed by atoms with van der Waals surface area (Å²) in [5, 5.41) is 3.28. The van der Waals surface area contributed by atoms with Gasteiger partial charge in [-0.1, -0.05) is 36.4 Å². The minimum absolute atomic E-state index is 0.0247. The number of amides is 1. The minimum atomic E-state index is 0.0247. The van der Waals surface area contributed by atoms with Crippen molar-refractivity contribution in [3.8, 4) is 5.75 Å². The number of ether oxygens (including phenoxy) is 1. The van der Waals surface area contributed by atoms with Gasteiger partial charge in [-0.2, -0.15) is 0 Å². The van der Waals surface area contributed by atoms with Crippen molar-refractivity contribution in [1.82, 2.24) is 9.88 Å². The molecule has 0 saturated heterocycles. The summed E-state index contributed by atoms with van der Waals surface area (Å²) in [6, 6.07) is 19.6. The van der Waals surface area contributed by atoms with Gasteiger partial charge in [-0.05, 0) is 55.7 Å². The summed E-state index contributed by atoms with van der Waals surface area (Å²) in [5.41, 5.74) is 4.00. The van der Waals surface area contributed by atoms with Crippen molar-refractivity contribution in [3.05, 3.63) is 83.6 Å². The molecule has 0 spiro atoms. The van der Waals surface area contributed by atoms with Crippen LogP contribution in [0.3, 0.4) is 0 Å². The normalized spacial score (nSPS) is 13.1. The van der Waals surface area contributed by atoms with E-state index < -0.39 is 0 Å². The maximum absolute atomic E-state index is 13.1. The van der Waals surface area contributed by atoms with Crippen molar-refractivity contribution < 1.29 is 9.53 Å². The van der Waals surface area contributed by atoms with E-state index in [9.17, 15) is 4.79 Å². The Labute approximate surface area is 171 Å². The first kappa shape index (κ1) is 19.0. The van der Waals surface area contributed by atoms with Crippen LogP contribution in [0.25, 0.3) is 0 Å². The number of carbonyl (C=O) groups excluding carboxylic acids is 1. The Bertz CT molecular complexity index is 1020. The van der Waals surface area contributed by atoms with Gasteiger partial charge >= 0.3 is 0 Å². The first-order valence-corrected chi connectivity index (χ1v) is 9.95. The third-order valence-electron chi connectivity index (χ3n) is 4.94. The summed E-state index contributed by atoms with van der Waals surface area (Å²) in [4.78, 5) is 19.4. The van der Waals surface area contributed by atoms with Gasteiger partial charge in [0.2, 0.25) is 0 Å². The molecule has 0 saturated carbocycles. The molecule has 0 fully saturated rings. The van der Waals surface area contributed by atoms with Crippen LogP contribution < -0.4 is 10.1 Å². The number of nitrogens with one attached hydrogen (secondary N) is 1. The van der Waals surface area contributed by atoms with Crippen molar-refractivity contribution >= 4 is 17.4 Å². The molecule has 148 valence electrons. The van der Waals surface area contributed by atoms with E-state index in [1.54, 1.807) is 18.3 Å². The lowest BCUT2D eigenvalue weighted by Crippen LogP contribution is -2.35. The summed E-state index contributed by atoms with van der Waals surface area (Å²) in [6.45, 7) is 5.35. The second-order valence-corrected chi connectivity index (χ2v) is 7.46. The molecule has 0 unspecified atom stereocenters. The average molecular weight is 387 g/mol. The first-order chi connectivity index (χ1) is 14.1. The van der Waals surface area contributed by atoms with Crippen molar-refractivity contribution in [2.45, 2.75) is 32.9 Å². The number of fused-ring (bicyclic) bond motifs is 1. The molecule has 3 aromatic rings. The molecule has 0 bridgehead atoms. The second kappa shape index (κ2) is 8.35. The van der Waals surface area contributed by atoms with Crippen molar-refractivity contribution in [3.63, 3.8) is 0 Å². The quantitative estimate of drug-likeness (QED) is 0.683. The van der Waals surface area contributed by atoms with E-state index in [2.05, 4.69) is 28.5 Å². The van der Waals surface area contributed by atoms with Gasteiger partial charge in [-0.15, -0.1) is 0 Å². The maximum atomic E-state index is 13.1. The summed E-state index contributed by atoms with van der Waals surface area (Å²) >= 11 is 0. The Morgan fingerprint density at radius 1 is 1.07 bits per heavy atom. The zero-order valence-electron chi connectivity index (χ0n) is 16.8. The molecule has 1 aromatic heterocycles. The number of pyridine rings is 1. The van der Waals surface area contributed by atoms with Crippen LogP contribution in [0.2, 0.25) is 0 Å². The molecule has 1 aliphatic heterocycles. The van der Waals surface area contributed by atoms with Crippen LogP contribution >= 0.6 is 0 Å². The van der Waals surface area contributed by atoms with Crippen LogP contribution in [-0.4, -0.2) is 28.4 Å². The lowest BCUT2D eigenvalue weighted by Gasteiger charge is -2.29. The number of carbonyl (C=O) groups is 1. The molecule has 29 heavy (non-hydrogen) atoms. The molecule has 2 heterocycles. The third kappa shape index (κ3) is 4.40. The number of hydrogen-bond donors (Lipinski definition) is 1. The zero-order chi connectivity index (χ0) is 20.2. The molecule has 4 rings (SSSR count). The Kier molecular flexibility index (Phi) is 5.47. The first-order valence-electron chi connectivity index (χ1n) is 9.95. The molecular weight excluding hydrogens is 362 g/mol. The third-order valence-corrected chi connectivity index (χ3v) is 4.94. The van der Waals surface area contributed by atoms with Crippen LogP contribution in [0.1, 0.15) is 35.3 Å². The van der Waals surface area contributed by atoms with Crippen LogP contribution in [0.5, 0.6) is 5.75 Å². The fraction of sp³-hybridized carbons (Fsp3) is 0.250. The predicted octanol–water partition coefficient (Wildman–Crippen LogP) is 4.81. The highest BCUT2D eigenvalue weighted by atomic mass is 16.5. The lowest BCUT2D eigenvalue weighted by molar-refractivity contribution is 0.0734.